The van der Waals surface area contributed by atoms with Gasteiger partial charge in [0.15, 0.2) is 0 Å². The molecule has 158 valence electrons. The number of anilines is 1. The van der Waals surface area contributed by atoms with Gasteiger partial charge in [-0.1, -0.05) is 30.3 Å². The molecule has 0 spiro atoms. The number of piperidine rings is 1. The Bertz CT molecular complexity index is 1240. The van der Waals surface area contributed by atoms with Crippen LogP contribution in [0.1, 0.15) is 24.4 Å². The summed E-state index contributed by atoms with van der Waals surface area (Å²) in [4.78, 5) is 17.8. The monoisotopic (exact) mass is 415 g/mol. The summed E-state index contributed by atoms with van der Waals surface area (Å²) in [5.74, 6) is 1.09. The summed E-state index contributed by atoms with van der Waals surface area (Å²) in [6.07, 6.45) is 3.66. The van der Waals surface area contributed by atoms with Crippen molar-refractivity contribution in [2.24, 2.45) is 0 Å². The van der Waals surface area contributed by atoms with Crippen LogP contribution >= 0.6 is 0 Å². The van der Waals surface area contributed by atoms with Crippen LogP contribution in [-0.4, -0.2) is 27.2 Å². The Labute approximate surface area is 180 Å². The van der Waals surface area contributed by atoms with E-state index >= 15 is 0 Å². The van der Waals surface area contributed by atoms with Gasteiger partial charge in [0.25, 0.3) is 0 Å². The van der Waals surface area contributed by atoms with Crippen LogP contribution in [-0.2, 0) is 6.61 Å². The summed E-state index contributed by atoms with van der Waals surface area (Å²) in [5, 5.41) is 3.39. The molecule has 1 fully saturated rings. The van der Waals surface area contributed by atoms with Gasteiger partial charge >= 0.3 is 5.69 Å². The van der Waals surface area contributed by atoms with Gasteiger partial charge in [0.1, 0.15) is 23.7 Å². The lowest BCUT2D eigenvalue weighted by molar-refractivity contribution is 0.306. The van der Waals surface area contributed by atoms with Crippen molar-refractivity contribution in [2.75, 3.05) is 18.8 Å². The van der Waals surface area contributed by atoms with Crippen molar-refractivity contribution >= 4 is 16.9 Å². The van der Waals surface area contributed by atoms with Crippen molar-refractivity contribution in [1.29, 1.82) is 0 Å². The molecule has 7 nitrogen and oxygen atoms in total. The number of rotatable bonds is 5. The molecule has 1 atom stereocenters. The number of nitrogens with zero attached hydrogens (tertiary/aromatic N) is 3. The standard InChI is InChI=1S/C24H25N5O2/c25-23-22-21(12-14-27-23)28(19-7-4-13-26-15-19)24(30)29(22)18-8-10-20(11-9-18)31-16-17-5-2-1-3-6-17/h1-3,5-6,8-12,14,19,26H,4,7,13,15-16H2,(H2,25,27)/t19-/m1/s1. The van der Waals surface area contributed by atoms with E-state index in [9.17, 15) is 4.79 Å². The largest absolute Gasteiger partial charge is 0.489 e. The molecule has 3 heterocycles. The number of ether oxygens (including phenoxy) is 1. The van der Waals surface area contributed by atoms with Crippen molar-refractivity contribution in [3.63, 3.8) is 0 Å². The third-order valence-electron chi connectivity index (χ3n) is 5.79. The summed E-state index contributed by atoms with van der Waals surface area (Å²) in [7, 11) is 0. The van der Waals surface area contributed by atoms with Crippen LogP contribution in [0.25, 0.3) is 16.7 Å². The zero-order valence-electron chi connectivity index (χ0n) is 17.2. The van der Waals surface area contributed by atoms with Crippen LogP contribution in [0.15, 0.2) is 71.7 Å². The van der Waals surface area contributed by atoms with Gasteiger partial charge < -0.3 is 15.8 Å². The fourth-order valence-electron chi connectivity index (χ4n) is 4.27. The number of aromatic nitrogens is 3. The Morgan fingerprint density at radius 1 is 1.10 bits per heavy atom. The van der Waals surface area contributed by atoms with E-state index in [2.05, 4.69) is 10.3 Å². The Kier molecular flexibility index (Phi) is 5.18. The lowest BCUT2D eigenvalue weighted by Gasteiger charge is -2.23. The van der Waals surface area contributed by atoms with Gasteiger partial charge in [0.2, 0.25) is 0 Å². The van der Waals surface area contributed by atoms with Gasteiger partial charge in [-0.3, -0.25) is 9.13 Å². The molecule has 0 saturated carbocycles. The topological polar surface area (TPSA) is 87.1 Å². The number of benzene rings is 2. The highest BCUT2D eigenvalue weighted by Gasteiger charge is 2.24. The maximum absolute atomic E-state index is 13.5. The normalized spacial score (nSPS) is 16.5. The van der Waals surface area contributed by atoms with Crippen molar-refractivity contribution in [3.05, 3.63) is 82.9 Å². The first-order valence-corrected chi connectivity index (χ1v) is 10.6. The fourth-order valence-corrected chi connectivity index (χ4v) is 4.27. The molecule has 4 aromatic rings. The number of fused-ring (bicyclic) bond motifs is 1. The van der Waals surface area contributed by atoms with Gasteiger partial charge in [0.05, 0.1) is 17.2 Å². The minimum absolute atomic E-state index is 0.0960. The lowest BCUT2D eigenvalue weighted by Crippen LogP contribution is -2.36. The molecule has 2 aromatic heterocycles. The molecule has 0 radical (unpaired) electrons. The number of hydrogen-bond donors (Lipinski definition) is 2. The van der Waals surface area contributed by atoms with E-state index in [1.165, 1.54) is 0 Å². The van der Waals surface area contributed by atoms with Gasteiger partial charge in [0, 0.05) is 12.7 Å². The summed E-state index contributed by atoms with van der Waals surface area (Å²) < 4.78 is 9.41. The Balaban J connectivity index is 1.51. The third-order valence-corrected chi connectivity index (χ3v) is 5.79. The first-order valence-electron chi connectivity index (χ1n) is 10.6. The van der Waals surface area contributed by atoms with Crippen LogP contribution in [0.5, 0.6) is 5.75 Å². The molecule has 3 N–H and O–H groups in total. The zero-order valence-corrected chi connectivity index (χ0v) is 17.2. The Morgan fingerprint density at radius 3 is 2.65 bits per heavy atom. The third kappa shape index (κ3) is 3.68. The van der Waals surface area contributed by atoms with Gasteiger partial charge in [-0.2, -0.15) is 0 Å². The summed E-state index contributed by atoms with van der Waals surface area (Å²) in [5.41, 5.74) is 9.43. The molecule has 0 aliphatic carbocycles. The second-order valence-electron chi connectivity index (χ2n) is 7.82. The summed E-state index contributed by atoms with van der Waals surface area (Å²) in [6.45, 7) is 2.25. The number of nitrogens with one attached hydrogen (secondary N) is 1. The average molecular weight is 415 g/mol. The van der Waals surface area contributed by atoms with E-state index < -0.39 is 0 Å². The first-order chi connectivity index (χ1) is 15.2. The molecule has 31 heavy (non-hydrogen) atoms. The molecule has 2 aromatic carbocycles. The second-order valence-corrected chi connectivity index (χ2v) is 7.82. The van der Waals surface area contributed by atoms with Crippen LogP contribution in [0.4, 0.5) is 5.82 Å². The number of imidazole rings is 1. The molecule has 5 rings (SSSR count). The van der Waals surface area contributed by atoms with Gasteiger partial charge in [-0.25, -0.2) is 9.78 Å². The molecule has 1 aliphatic rings. The molecular formula is C24H25N5O2. The van der Waals surface area contributed by atoms with Crippen molar-refractivity contribution < 1.29 is 4.74 Å². The van der Waals surface area contributed by atoms with Crippen LogP contribution < -0.4 is 21.5 Å². The van der Waals surface area contributed by atoms with Gasteiger partial charge in [-0.05, 0) is 55.3 Å². The molecule has 0 bridgehead atoms. The summed E-state index contributed by atoms with van der Waals surface area (Å²) in [6, 6.07) is 19.5. The van der Waals surface area contributed by atoms with Crippen molar-refractivity contribution in [3.8, 4) is 11.4 Å². The Morgan fingerprint density at radius 2 is 1.90 bits per heavy atom. The minimum atomic E-state index is -0.0960. The zero-order chi connectivity index (χ0) is 21.2. The Hall–Kier alpha value is -3.58. The van der Waals surface area contributed by atoms with Crippen LogP contribution in [0.3, 0.4) is 0 Å². The predicted octanol–water partition coefficient (Wildman–Crippen LogP) is 3.27. The highest BCUT2D eigenvalue weighted by molar-refractivity contribution is 5.87. The fraction of sp³-hybridized carbons (Fsp3) is 0.250. The predicted molar refractivity (Wildman–Crippen MR) is 122 cm³/mol. The molecule has 0 unspecified atom stereocenters. The van der Waals surface area contributed by atoms with E-state index in [0.717, 1.165) is 48.4 Å². The van der Waals surface area contributed by atoms with Gasteiger partial charge in [-0.15, -0.1) is 0 Å². The lowest BCUT2D eigenvalue weighted by atomic mass is 10.1. The molecule has 1 aliphatic heterocycles. The SMILES string of the molecule is Nc1nccc2c1n(-c1ccc(OCc3ccccc3)cc1)c(=O)n2[C@@H]1CCCNC1. The van der Waals surface area contributed by atoms with E-state index in [1.807, 2.05) is 65.2 Å². The van der Waals surface area contributed by atoms with Crippen molar-refractivity contribution in [1.82, 2.24) is 19.4 Å². The molecule has 0 amide bonds. The number of pyridine rings is 1. The second kappa shape index (κ2) is 8.28. The van der Waals surface area contributed by atoms with Crippen molar-refractivity contribution in [2.45, 2.75) is 25.5 Å². The number of hydrogen-bond acceptors (Lipinski definition) is 5. The number of nitrogen functional groups attached to an aromatic ring is 1. The maximum atomic E-state index is 13.5. The smallest absolute Gasteiger partial charge is 0.334 e. The van der Waals surface area contributed by atoms with Crippen LogP contribution in [0, 0.1) is 0 Å². The van der Waals surface area contributed by atoms with E-state index in [-0.39, 0.29) is 11.7 Å². The maximum Gasteiger partial charge on any atom is 0.334 e. The van der Waals surface area contributed by atoms with E-state index in [1.54, 1.807) is 10.8 Å². The number of nitrogens with two attached hydrogens (primary N) is 1. The highest BCUT2D eigenvalue weighted by Crippen LogP contribution is 2.27. The molecule has 7 heteroatoms. The average Bonchev–Trinajstić information content (AvgIpc) is 3.12. The van der Waals surface area contributed by atoms with E-state index in [0.29, 0.717) is 17.9 Å². The van der Waals surface area contributed by atoms with E-state index in [4.69, 9.17) is 10.5 Å². The highest BCUT2D eigenvalue weighted by atomic mass is 16.5. The molecular weight excluding hydrogens is 390 g/mol. The quantitative estimate of drug-likeness (QED) is 0.522. The minimum Gasteiger partial charge on any atom is -0.489 e. The summed E-state index contributed by atoms with van der Waals surface area (Å²) >= 11 is 0. The first kappa shape index (κ1) is 19.4. The molecule has 1 saturated heterocycles. The van der Waals surface area contributed by atoms with Crippen LogP contribution in [0.2, 0.25) is 0 Å².